The maximum atomic E-state index is 12.0. The molecule has 164 valence electrons. The van der Waals surface area contributed by atoms with Crippen molar-refractivity contribution in [1.29, 1.82) is 0 Å². The molecule has 0 amide bonds. The van der Waals surface area contributed by atoms with Crippen LogP contribution >= 0.6 is 0 Å². The van der Waals surface area contributed by atoms with Gasteiger partial charge in [0, 0.05) is 0 Å². The lowest BCUT2D eigenvalue weighted by molar-refractivity contribution is -0.150. The maximum Gasteiger partial charge on any atom is 0.354 e. The van der Waals surface area contributed by atoms with Crippen molar-refractivity contribution in [3.63, 3.8) is 0 Å². The molecule has 32 heavy (non-hydrogen) atoms. The van der Waals surface area contributed by atoms with Gasteiger partial charge in [0.2, 0.25) is 5.60 Å². The average molecular weight is 430 g/mol. The largest absolute Gasteiger partial charge is 0.494 e. The molecule has 5 heteroatoms. The Morgan fingerprint density at radius 2 is 1.75 bits per heavy atom. The Kier molecular flexibility index (Phi) is 6.75. The minimum atomic E-state index is -1.46. The van der Waals surface area contributed by atoms with Crippen LogP contribution in [0.2, 0.25) is 0 Å². The molecule has 0 aliphatic carbocycles. The van der Waals surface area contributed by atoms with Gasteiger partial charge in [-0.2, -0.15) is 0 Å². The zero-order chi connectivity index (χ0) is 22.2. The van der Waals surface area contributed by atoms with Crippen molar-refractivity contribution in [2.45, 2.75) is 24.9 Å². The lowest BCUT2D eigenvalue weighted by Crippen LogP contribution is -2.50. The molecular formula is C27H27NO4. The van der Waals surface area contributed by atoms with Crippen molar-refractivity contribution in [1.82, 2.24) is 0 Å². The molecule has 0 fully saturated rings. The van der Waals surface area contributed by atoms with Crippen molar-refractivity contribution < 1.29 is 19.4 Å². The molecule has 4 rings (SSSR count). The molecule has 1 aliphatic heterocycles. The molecule has 0 bridgehead atoms. The number of anilines is 1. The van der Waals surface area contributed by atoms with Gasteiger partial charge in [0.15, 0.2) is 0 Å². The summed E-state index contributed by atoms with van der Waals surface area (Å²) in [7, 11) is 0. The molecule has 1 aliphatic rings. The normalized spacial score (nSPS) is 17.2. The molecular weight excluding hydrogens is 402 g/mol. The Labute approximate surface area is 188 Å². The molecule has 1 unspecified atom stereocenters. The fraction of sp³-hybridized carbons (Fsp3) is 0.222. The number of carbonyl (C=O) groups is 1. The average Bonchev–Trinajstić information content (AvgIpc) is 2.83. The molecule has 1 heterocycles. The van der Waals surface area contributed by atoms with Gasteiger partial charge in [-0.25, -0.2) is 4.79 Å². The SMILES string of the molecule is O=C(O)C1(/C=C/c2ccc(OCCCCc3ccccc3)cc2)CNc2ccccc2O1. The molecule has 3 aromatic rings. The molecule has 3 aromatic carbocycles. The Morgan fingerprint density at radius 3 is 2.53 bits per heavy atom. The molecule has 0 aromatic heterocycles. The van der Waals surface area contributed by atoms with Crippen LogP contribution in [0.1, 0.15) is 24.0 Å². The molecule has 5 nitrogen and oxygen atoms in total. The third-order valence-electron chi connectivity index (χ3n) is 5.48. The number of carboxylic acid groups (broad SMARTS) is 1. The predicted molar refractivity (Wildman–Crippen MR) is 126 cm³/mol. The highest BCUT2D eigenvalue weighted by atomic mass is 16.5. The summed E-state index contributed by atoms with van der Waals surface area (Å²) in [6.07, 6.45) is 6.49. The zero-order valence-electron chi connectivity index (χ0n) is 17.9. The molecule has 0 spiro atoms. The van der Waals surface area contributed by atoms with Gasteiger partial charge in [0.05, 0.1) is 18.8 Å². The second-order valence-electron chi connectivity index (χ2n) is 7.84. The van der Waals surface area contributed by atoms with E-state index >= 15 is 0 Å². The van der Waals surface area contributed by atoms with Gasteiger partial charge in [0.25, 0.3) is 0 Å². The fourth-order valence-electron chi connectivity index (χ4n) is 3.62. The zero-order valence-corrected chi connectivity index (χ0v) is 17.9. The van der Waals surface area contributed by atoms with Gasteiger partial charge in [-0.15, -0.1) is 0 Å². The maximum absolute atomic E-state index is 12.0. The first-order chi connectivity index (χ1) is 15.6. The highest BCUT2D eigenvalue weighted by Gasteiger charge is 2.41. The minimum absolute atomic E-state index is 0.153. The standard InChI is InChI=1S/C27H27NO4/c29-26(30)27(20-28-24-11-4-5-12-25(24)32-27)18-17-22-13-15-23(16-14-22)31-19-7-6-10-21-8-2-1-3-9-21/h1-5,8-9,11-18,28H,6-7,10,19-20H2,(H,29,30)/b18-17+. The fourth-order valence-corrected chi connectivity index (χ4v) is 3.62. The molecule has 0 saturated heterocycles. The summed E-state index contributed by atoms with van der Waals surface area (Å²) in [5.74, 6) is 0.298. The second kappa shape index (κ2) is 10.1. The number of ether oxygens (including phenoxy) is 2. The number of unbranched alkanes of at least 4 members (excludes halogenated alkanes) is 1. The molecule has 1 atom stereocenters. The van der Waals surface area contributed by atoms with Crippen LogP contribution in [0.5, 0.6) is 11.5 Å². The lowest BCUT2D eigenvalue weighted by Gasteiger charge is -2.33. The van der Waals surface area contributed by atoms with E-state index in [1.165, 1.54) is 5.56 Å². The van der Waals surface area contributed by atoms with Crippen LogP contribution in [0.15, 0.2) is 84.9 Å². The highest BCUT2D eigenvalue weighted by molar-refractivity contribution is 5.84. The summed E-state index contributed by atoms with van der Waals surface area (Å²) in [6.45, 7) is 0.823. The van der Waals surface area contributed by atoms with Crippen LogP contribution in [-0.2, 0) is 11.2 Å². The number of fused-ring (bicyclic) bond motifs is 1. The number of hydrogen-bond acceptors (Lipinski definition) is 4. The van der Waals surface area contributed by atoms with E-state index in [1.807, 2.05) is 48.5 Å². The van der Waals surface area contributed by atoms with Crippen molar-refractivity contribution >= 4 is 17.7 Å². The number of aryl methyl sites for hydroxylation is 1. The van der Waals surface area contributed by atoms with Crippen LogP contribution in [0.3, 0.4) is 0 Å². The van der Waals surface area contributed by atoms with E-state index in [1.54, 1.807) is 18.2 Å². The first-order valence-corrected chi connectivity index (χ1v) is 10.9. The van der Waals surface area contributed by atoms with Crippen molar-refractivity contribution in [2.75, 3.05) is 18.5 Å². The van der Waals surface area contributed by atoms with E-state index in [0.717, 1.165) is 36.3 Å². The lowest BCUT2D eigenvalue weighted by atomic mass is 9.99. The van der Waals surface area contributed by atoms with E-state index in [4.69, 9.17) is 9.47 Å². The van der Waals surface area contributed by atoms with Crippen molar-refractivity contribution in [2.24, 2.45) is 0 Å². The molecule has 2 N–H and O–H groups in total. The monoisotopic (exact) mass is 429 g/mol. The van der Waals surface area contributed by atoms with E-state index < -0.39 is 11.6 Å². The number of benzene rings is 3. The van der Waals surface area contributed by atoms with Crippen LogP contribution in [0.4, 0.5) is 5.69 Å². The van der Waals surface area contributed by atoms with E-state index in [-0.39, 0.29) is 6.54 Å². The number of hydrogen-bond donors (Lipinski definition) is 2. The Hall–Kier alpha value is -3.73. The Morgan fingerprint density at radius 1 is 1.00 bits per heavy atom. The number of rotatable bonds is 9. The quantitative estimate of drug-likeness (QED) is 0.444. The van der Waals surface area contributed by atoms with Gasteiger partial charge in [0.1, 0.15) is 11.5 Å². The van der Waals surface area contributed by atoms with Crippen LogP contribution in [-0.4, -0.2) is 29.8 Å². The van der Waals surface area contributed by atoms with Gasteiger partial charge in [-0.1, -0.05) is 60.7 Å². The summed E-state index contributed by atoms with van der Waals surface area (Å²) >= 11 is 0. The topological polar surface area (TPSA) is 67.8 Å². The van der Waals surface area contributed by atoms with Gasteiger partial charge < -0.3 is 19.9 Å². The number of para-hydroxylation sites is 2. The van der Waals surface area contributed by atoms with Crippen LogP contribution in [0.25, 0.3) is 6.08 Å². The Bertz CT molecular complexity index is 1060. The smallest absolute Gasteiger partial charge is 0.354 e. The Balaban J connectivity index is 1.30. The second-order valence-corrected chi connectivity index (χ2v) is 7.84. The van der Waals surface area contributed by atoms with E-state index in [9.17, 15) is 9.90 Å². The van der Waals surface area contributed by atoms with Crippen LogP contribution in [0, 0.1) is 0 Å². The third-order valence-corrected chi connectivity index (χ3v) is 5.48. The van der Waals surface area contributed by atoms with Crippen LogP contribution < -0.4 is 14.8 Å². The summed E-state index contributed by atoms with van der Waals surface area (Å²) in [4.78, 5) is 12.0. The summed E-state index contributed by atoms with van der Waals surface area (Å²) in [5.41, 5.74) is 1.57. The number of carboxylic acids is 1. The summed E-state index contributed by atoms with van der Waals surface area (Å²) in [5, 5.41) is 13.0. The molecule has 0 radical (unpaired) electrons. The molecule has 0 saturated carbocycles. The predicted octanol–water partition coefficient (Wildman–Crippen LogP) is 5.43. The van der Waals surface area contributed by atoms with Gasteiger partial charge in [-0.05, 0) is 60.7 Å². The van der Waals surface area contributed by atoms with Gasteiger partial charge >= 0.3 is 5.97 Å². The first-order valence-electron chi connectivity index (χ1n) is 10.9. The van der Waals surface area contributed by atoms with Gasteiger partial charge in [-0.3, -0.25) is 0 Å². The van der Waals surface area contributed by atoms with E-state index in [0.29, 0.717) is 12.4 Å². The third kappa shape index (κ3) is 5.30. The summed E-state index contributed by atoms with van der Waals surface area (Å²) in [6, 6.07) is 25.4. The van der Waals surface area contributed by atoms with Crippen molar-refractivity contribution in [3.8, 4) is 11.5 Å². The minimum Gasteiger partial charge on any atom is -0.494 e. The van der Waals surface area contributed by atoms with E-state index in [2.05, 4.69) is 29.6 Å². The summed E-state index contributed by atoms with van der Waals surface area (Å²) < 4.78 is 11.7. The highest BCUT2D eigenvalue weighted by Crippen LogP contribution is 2.33. The number of nitrogens with one attached hydrogen (secondary N) is 1. The first kappa shape index (κ1) is 21.5. The number of aliphatic carboxylic acids is 1. The van der Waals surface area contributed by atoms with Crippen molar-refractivity contribution in [3.05, 3.63) is 96.1 Å².